The Morgan fingerprint density at radius 3 is 3.00 bits per heavy atom. The monoisotopic (exact) mass is 299 g/mol. The molecule has 1 aromatic rings. The molecule has 0 unspecified atom stereocenters. The molecule has 0 fully saturated rings. The molecule has 0 radical (unpaired) electrons. The summed E-state index contributed by atoms with van der Waals surface area (Å²) in [5, 5.41) is 0.341. The van der Waals surface area contributed by atoms with Crippen LogP contribution in [0.25, 0.3) is 0 Å². The maximum atomic E-state index is 13.2. The van der Waals surface area contributed by atoms with Gasteiger partial charge in [-0.15, -0.1) is 0 Å². The predicted octanol–water partition coefficient (Wildman–Crippen LogP) is 2.88. The zero-order valence-corrected chi connectivity index (χ0v) is 11.3. The number of amides is 1. The molecule has 1 aromatic carbocycles. The number of hydrogen-bond donors (Lipinski definition) is 0. The van der Waals surface area contributed by atoms with Crippen LogP contribution in [0.3, 0.4) is 0 Å². The molecule has 0 N–H and O–H groups in total. The zero-order chi connectivity index (χ0) is 12.4. The number of hydrogen-bond acceptors (Lipinski definition) is 1. The Balaban J connectivity index is 2.30. The van der Waals surface area contributed by atoms with E-state index in [9.17, 15) is 9.18 Å². The third-order valence-electron chi connectivity index (χ3n) is 3.31. The van der Waals surface area contributed by atoms with Crippen LogP contribution >= 0.6 is 15.9 Å². The van der Waals surface area contributed by atoms with E-state index in [1.54, 1.807) is 12.1 Å². The van der Waals surface area contributed by atoms with Crippen molar-refractivity contribution < 1.29 is 9.18 Å². The molecule has 2 rings (SSSR count). The number of carbonyl (C=O) groups is 1. The first-order valence-electron chi connectivity index (χ1n) is 5.74. The summed E-state index contributed by atoms with van der Waals surface area (Å²) in [7, 11) is 0. The van der Waals surface area contributed by atoms with E-state index in [4.69, 9.17) is 0 Å². The molecule has 0 aromatic heterocycles. The summed E-state index contributed by atoms with van der Waals surface area (Å²) in [6, 6.07) is 5.04. The number of benzene rings is 1. The average Bonchev–Trinajstić information content (AvgIpc) is 2.48. The van der Waals surface area contributed by atoms with Crippen LogP contribution in [-0.4, -0.2) is 22.2 Å². The van der Waals surface area contributed by atoms with Crippen molar-refractivity contribution in [2.75, 3.05) is 5.33 Å². The molecular weight excluding hydrogens is 285 g/mol. The maximum Gasteiger partial charge on any atom is 0.233 e. The van der Waals surface area contributed by atoms with Gasteiger partial charge in [0.05, 0.1) is 5.33 Å². The number of halogens is 2. The highest BCUT2D eigenvalue weighted by molar-refractivity contribution is 9.09. The lowest BCUT2D eigenvalue weighted by Gasteiger charge is -2.26. The Morgan fingerprint density at radius 2 is 2.29 bits per heavy atom. The van der Waals surface area contributed by atoms with E-state index in [-0.39, 0.29) is 17.8 Å². The van der Waals surface area contributed by atoms with Gasteiger partial charge in [0.1, 0.15) is 5.82 Å². The Hall–Kier alpha value is -0.900. The molecule has 1 heterocycles. The van der Waals surface area contributed by atoms with E-state index in [0.29, 0.717) is 11.9 Å². The highest BCUT2D eigenvalue weighted by Gasteiger charge is 2.23. The van der Waals surface area contributed by atoms with Gasteiger partial charge in [-0.2, -0.15) is 0 Å². The van der Waals surface area contributed by atoms with Crippen molar-refractivity contribution in [1.82, 2.24) is 4.90 Å². The third kappa shape index (κ3) is 2.68. The highest BCUT2D eigenvalue weighted by atomic mass is 79.9. The van der Waals surface area contributed by atoms with E-state index in [2.05, 4.69) is 15.9 Å². The Kier molecular flexibility index (Phi) is 3.82. The van der Waals surface area contributed by atoms with Gasteiger partial charge in [0, 0.05) is 12.6 Å². The van der Waals surface area contributed by atoms with E-state index < -0.39 is 0 Å². The number of nitrogens with zero attached hydrogens (tertiary/aromatic N) is 1. The van der Waals surface area contributed by atoms with Gasteiger partial charge in [-0.05, 0) is 43.0 Å². The number of aryl methyl sites for hydroxylation is 1. The van der Waals surface area contributed by atoms with Crippen molar-refractivity contribution in [2.45, 2.75) is 32.4 Å². The fraction of sp³-hybridized carbons (Fsp3) is 0.462. The van der Waals surface area contributed by atoms with Crippen LogP contribution in [-0.2, 0) is 17.8 Å². The second kappa shape index (κ2) is 5.17. The van der Waals surface area contributed by atoms with Gasteiger partial charge in [0.25, 0.3) is 0 Å². The van der Waals surface area contributed by atoms with Crippen molar-refractivity contribution in [3.63, 3.8) is 0 Å². The van der Waals surface area contributed by atoms with Crippen molar-refractivity contribution >= 4 is 21.8 Å². The summed E-state index contributed by atoms with van der Waals surface area (Å²) < 4.78 is 13.2. The van der Waals surface area contributed by atoms with Gasteiger partial charge in [0.2, 0.25) is 5.91 Å². The van der Waals surface area contributed by atoms with Crippen LogP contribution < -0.4 is 0 Å². The number of fused-ring (bicyclic) bond motifs is 1. The quantitative estimate of drug-likeness (QED) is 0.730. The molecule has 1 atom stereocenters. The average molecular weight is 300 g/mol. The van der Waals surface area contributed by atoms with Gasteiger partial charge < -0.3 is 4.90 Å². The standard InChI is InChI=1S/C13H15BrFNO/c1-9-2-3-10-6-12(15)5-4-11(10)8-16(9)13(17)7-14/h4-6,9H,2-3,7-8H2,1H3/t9-/m1/s1. The minimum atomic E-state index is -0.198. The third-order valence-corrected chi connectivity index (χ3v) is 3.79. The maximum absolute atomic E-state index is 13.2. The molecule has 0 saturated heterocycles. The molecule has 0 aliphatic carbocycles. The first-order chi connectivity index (χ1) is 8.11. The van der Waals surface area contributed by atoms with Crippen LogP contribution in [0, 0.1) is 5.82 Å². The molecule has 1 aliphatic rings. The van der Waals surface area contributed by atoms with Crippen LogP contribution in [0.15, 0.2) is 18.2 Å². The molecule has 17 heavy (non-hydrogen) atoms. The molecule has 2 nitrogen and oxygen atoms in total. The van der Waals surface area contributed by atoms with Crippen molar-refractivity contribution in [1.29, 1.82) is 0 Å². The van der Waals surface area contributed by atoms with Crippen LogP contribution in [0.5, 0.6) is 0 Å². The Morgan fingerprint density at radius 1 is 1.53 bits per heavy atom. The topological polar surface area (TPSA) is 20.3 Å². The molecule has 0 spiro atoms. The van der Waals surface area contributed by atoms with Crippen molar-refractivity contribution in [3.05, 3.63) is 35.1 Å². The van der Waals surface area contributed by atoms with Gasteiger partial charge in [-0.3, -0.25) is 4.79 Å². The highest BCUT2D eigenvalue weighted by Crippen LogP contribution is 2.23. The molecular formula is C13H15BrFNO. The number of rotatable bonds is 1. The van der Waals surface area contributed by atoms with Gasteiger partial charge in [0.15, 0.2) is 0 Å². The molecule has 1 amide bonds. The number of alkyl halides is 1. The molecule has 92 valence electrons. The van der Waals surface area contributed by atoms with E-state index in [1.165, 1.54) is 6.07 Å². The smallest absolute Gasteiger partial charge is 0.233 e. The predicted molar refractivity (Wildman–Crippen MR) is 68.5 cm³/mol. The Bertz CT molecular complexity index is 435. The van der Waals surface area contributed by atoms with E-state index >= 15 is 0 Å². The van der Waals surface area contributed by atoms with Gasteiger partial charge in [-0.1, -0.05) is 22.0 Å². The SMILES string of the molecule is C[C@@H]1CCc2cc(F)ccc2CN1C(=O)CBr. The summed E-state index contributed by atoms with van der Waals surface area (Å²) in [5.74, 6) is -0.105. The lowest BCUT2D eigenvalue weighted by molar-refractivity contribution is -0.130. The first-order valence-corrected chi connectivity index (χ1v) is 6.86. The lowest BCUT2D eigenvalue weighted by Crippen LogP contribution is -2.37. The summed E-state index contributed by atoms with van der Waals surface area (Å²) in [6.45, 7) is 2.63. The summed E-state index contributed by atoms with van der Waals surface area (Å²) in [6.07, 6.45) is 1.72. The first kappa shape index (κ1) is 12.6. The van der Waals surface area contributed by atoms with Crippen molar-refractivity contribution in [3.8, 4) is 0 Å². The molecule has 0 bridgehead atoms. The summed E-state index contributed by atoms with van der Waals surface area (Å²) in [4.78, 5) is 13.7. The summed E-state index contributed by atoms with van der Waals surface area (Å²) >= 11 is 3.20. The van der Waals surface area contributed by atoms with Gasteiger partial charge >= 0.3 is 0 Å². The minimum absolute atomic E-state index is 0.0923. The number of carbonyl (C=O) groups excluding carboxylic acids is 1. The van der Waals surface area contributed by atoms with Crippen LogP contribution in [0.1, 0.15) is 24.5 Å². The van der Waals surface area contributed by atoms with Gasteiger partial charge in [-0.25, -0.2) is 4.39 Å². The largest absolute Gasteiger partial charge is 0.335 e. The zero-order valence-electron chi connectivity index (χ0n) is 9.75. The van der Waals surface area contributed by atoms with Crippen molar-refractivity contribution in [2.24, 2.45) is 0 Å². The van der Waals surface area contributed by atoms with Crippen LogP contribution in [0.2, 0.25) is 0 Å². The fourth-order valence-corrected chi connectivity index (χ4v) is 2.57. The van der Waals surface area contributed by atoms with Crippen LogP contribution in [0.4, 0.5) is 4.39 Å². The summed E-state index contributed by atoms with van der Waals surface area (Å²) in [5.41, 5.74) is 2.09. The normalized spacial score (nSPS) is 19.7. The second-order valence-corrected chi connectivity index (χ2v) is 5.02. The molecule has 0 saturated carbocycles. The lowest BCUT2D eigenvalue weighted by atomic mass is 10.0. The second-order valence-electron chi connectivity index (χ2n) is 4.46. The minimum Gasteiger partial charge on any atom is -0.335 e. The molecule has 4 heteroatoms. The van der Waals surface area contributed by atoms with E-state index in [0.717, 1.165) is 24.0 Å². The molecule has 1 aliphatic heterocycles. The Labute approximate surface area is 109 Å². The van der Waals surface area contributed by atoms with E-state index in [1.807, 2.05) is 11.8 Å². The fourth-order valence-electron chi connectivity index (χ4n) is 2.25.